The number of thiocarbonyl (C=S) groups is 1. The fourth-order valence-corrected chi connectivity index (χ4v) is 4.32. The van der Waals surface area contributed by atoms with Crippen LogP contribution in [0.15, 0.2) is 89.5 Å². The molecule has 1 aliphatic rings. The molecule has 2 N–H and O–H groups in total. The van der Waals surface area contributed by atoms with Crippen LogP contribution in [0.4, 0.5) is 11.4 Å². The Morgan fingerprint density at radius 2 is 1.88 bits per heavy atom. The number of anilines is 1. The fraction of sp³-hybridized carbons (Fsp3) is 0.0833. The van der Waals surface area contributed by atoms with Crippen molar-refractivity contribution in [3.05, 3.63) is 107 Å². The van der Waals surface area contributed by atoms with Crippen LogP contribution in [0.5, 0.6) is 5.75 Å². The van der Waals surface area contributed by atoms with Crippen LogP contribution in [0.3, 0.4) is 0 Å². The molecule has 9 heteroatoms. The van der Waals surface area contributed by atoms with Crippen LogP contribution >= 0.6 is 12.2 Å². The van der Waals surface area contributed by atoms with E-state index < -0.39 is 4.92 Å². The van der Waals surface area contributed by atoms with Gasteiger partial charge in [0.15, 0.2) is 5.11 Å². The molecule has 2 aromatic carbocycles. The second-order valence-corrected chi connectivity index (χ2v) is 7.91. The highest BCUT2D eigenvalue weighted by molar-refractivity contribution is 7.80. The maximum absolute atomic E-state index is 11.2. The largest absolute Gasteiger partial charge is 0.508 e. The monoisotopic (exact) mass is 458 g/mol. The minimum atomic E-state index is -0.434. The van der Waals surface area contributed by atoms with Crippen LogP contribution in [-0.4, -0.2) is 20.1 Å². The van der Waals surface area contributed by atoms with E-state index >= 15 is 0 Å². The van der Waals surface area contributed by atoms with Crippen molar-refractivity contribution in [1.82, 2.24) is 10.3 Å². The third kappa shape index (κ3) is 3.90. The van der Waals surface area contributed by atoms with Gasteiger partial charge in [0.25, 0.3) is 5.69 Å². The van der Waals surface area contributed by atoms with Crippen molar-refractivity contribution in [1.29, 1.82) is 0 Å². The topological polar surface area (TPSA) is 105 Å². The van der Waals surface area contributed by atoms with E-state index in [0.29, 0.717) is 22.2 Å². The first-order valence-electron chi connectivity index (χ1n) is 10.2. The summed E-state index contributed by atoms with van der Waals surface area (Å²) in [5.74, 6) is 1.28. The summed E-state index contributed by atoms with van der Waals surface area (Å²) in [6.45, 7) is 0. The Labute approximate surface area is 194 Å². The molecule has 0 bridgehead atoms. The molecular weight excluding hydrogens is 440 g/mol. The molecule has 3 heterocycles. The predicted molar refractivity (Wildman–Crippen MR) is 127 cm³/mol. The number of nitrogens with one attached hydrogen (secondary N) is 1. The van der Waals surface area contributed by atoms with Gasteiger partial charge in [0.2, 0.25) is 0 Å². The molecule has 0 radical (unpaired) electrons. The van der Waals surface area contributed by atoms with Gasteiger partial charge in [-0.1, -0.05) is 18.2 Å². The van der Waals surface area contributed by atoms with E-state index in [0.717, 1.165) is 11.4 Å². The summed E-state index contributed by atoms with van der Waals surface area (Å²) >= 11 is 5.66. The van der Waals surface area contributed by atoms with Gasteiger partial charge in [-0.3, -0.25) is 15.1 Å². The van der Waals surface area contributed by atoms with Gasteiger partial charge in [0.1, 0.15) is 23.3 Å². The maximum atomic E-state index is 11.2. The Balaban J connectivity index is 1.58. The van der Waals surface area contributed by atoms with Crippen molar-refractivity contribution in [2.45, 2.75) is 12.1 Å². The predicted octanol–water partition coefficient (Wildman–Crippen LogP) is 5.13. The Morgan fingerprint density at radius 3 is 2.61 bits per heavy atom. The molecule has 5 rings (SSSR count). The zero-order valence-electron chi connectivity index (χ0n) is 17.2. The molecule has 0 saturated carbocycles. The Morgan fingerprint density at radius 1 is 1.06 bits per heavy atom. The van der Waals surface area contributed by atoms with E-state index in [1.165, 1.54) is 12.1 Å². The lowest BCUT2D eigenvalue weighted by Gasteiger charge is -2.26. The van der Waals surface area contributed by atoms with E-state index in [4.69, 9.17) is 16.6 Å². The molecule has 2 aromatic heterocycles. The Kier molecular flexibility index (Phi) is 5.23. The average Bonchev–Trinajstić information content (AvgIpc) is 3.45. The number of non-ortho nitro benzene ring substituents is 1. The number of hydrogen-bond donors (Lipinski definition) is 2. The molecule has 0 amide bonds. The summed E-state index contributed by atoms with van der Waals surface area (Å²) in [7, 11) is 0. The minimum Gasteiger partial charge on any atom is -0.508 e. The van der Waals surface area contributed by atoms with Gasteiger partial charge >= 0.3 is 0 Å². The number of pyridine rings is 1. The molecule has 2 atom stereocenters. The summed E-state index contributed by atoms with van der Waals surface area (Å²) in [4.78, 5) is 17.2. The van der Waals surface area contributed by atoms with Crippen molar-refractivity contribution in [2.75, 3.05) is 4.90 Å². The van der Waals surface area contributed by atoms with Crippen LogP contribution in [0.25, 0.3) is 11.3 Å². The number of nitro groups is 1. The molecule has 8 nitrogen and oxygen atoms in total. The minimum absolute atomic E-state index is 0.00811. The highest BCUT2D eigenvalue weighted by Gasteiger charge is 2.42. The number of benzene rings is 2. The SMILES string of the molecule is O=[N+]([O-])c1cccc(-c2ccc([C@@H]3[C@@H](c4ccccn4)NC(=S)N3c3ccc(O)cc3)o2)c1. The van der Waals surface area contributed by atoms with E-state index in [1.807, 2.05) is 29.2 Å². The third-order valence-electron chi connectivity index (χ3n) is 5.49. The number of phenolic OH excluding ortho intramolecular Hbond substituents is 1. The van der Waals surface area contributed by atoms with Gasteiger partial charge in [-0.25, -0.2) is 0 Å². The Hall–Kier alpha value is -4.24. The van der Waals surface area contributed by atoms with Crippen LogP contribution in [0.1, 0.15) is 23.5 Å². The lowest BCUT2D eigenvalue weighted by atomic mass is 10.0. The molecule has 164 valence electrons. The number of phenols is 1. The quantitative estimate of drug-likeness (QED) is 0.241. The van der Waals surface area contributed by atoms with Crippen molar-refractivity contribution in [3.8, 4) is 17.1 Å². The zero-order chi connectivity index (χ0) is 22.9. The standard InChI is InChI=1S/C24H18N4O4S/c29-18-9-7-16(8-10-18)27-23(22(26-24(27)33)19-6-1-2-13-25-19)21-12-11-20(32-21)15-4-3-5-17(14-15)28(30)31/h1-14,22-23,29H,(H,26,33)/t22-,23-/m1/s1. The summed E-state index contributed by atoms with van der Waals surface area (Å²) in [6.07, 6.45) is 1.72. The third-order valence-corrected chi connectivity index (χ3v) is 5.80. The fourth-order valence-electron chi connectivity index (χ4n) is 3.97. The number of nitrogens with zero attached hydrogens (tertiary/aromatic N) is 3. The lowest BCUT2D eigenvalue weighted by Crippen LogP contribution is -2.29. The van der Waals surface area contributed by atoms with Crippen LogP contribution in [0, 0.1) is 10.1 Å². The van der Waals surface area contributed by atoms with Crippen molar-refractivity contribution < 1.29 is 14.4 Å². The van der Waals surface area contributed by atoms with Gasteiger partial charge in [-0.2, -0.15) is 0 Å². The average molecular weight is 458 g/mol. The first-order valence-corrected chi connectivity index (χ1v) is 10.6. The molecule has 1 aliphatic heterocycles. The summed E-state index contributed by atoms with van der Waals surface area (Å²) in [5, 5.41) is 24.7. The molecule has 1 saturated heterocycles. The van der Waals surface area contributed by atoms with Crippen LogP contribution < -0.4 is 10.2 Å². The van der Waals surface area contributed by atoms with Crippen LogP contribution in [0.2, 0.25) is 0 Å². The number of aromatic nitrogens is 1. The molecular formula is C24H18N4O4S. The van der Waals surface area contributed by atoms with Gasteiger partial charge in [0.05, 0.1) is 16.7 Å². The second kappa shape index (κ2) is 8.36. The van der Waals surface area contributed by atoms with Crippen molar-refractivity contribution in [2.24, 2.45) is 0 Å². The zero-order valence-corrected chi connectivity index (χ0v) is 18.0. The number of hydrogen-bond acceptors (Lipinski definition) is 6. The normalized spacial score (nSPS) is 17.7. The lowest BCUT2D eigenvalue weighted by molar-refractivity contribution is -0.384. The Bertz CT molecular complexity index is 1320. The van der Waals surface area contributed by atoms with E-state index in [2.05, 4.69) is 10.3 Å². The number of rotatable bonds is 5. The van der Waals surface area contributed by atoms with Crippen LogP contribution in [-0.2, 0) is 0 Å². The van der Waals surface area contributed by atoms with Gasteiger partial charge in [0, 0.05) is 29.6 Å². The molecule has 33 heavy (non-hydrogen) atoms. The molecule has 1 fully saturated rings. The first-order chi connectivity index (χ1) is 16.0. The van der Waals surface area contributed by atoms with Gasteiger partial charge in [-0.05, 0) is 60.7 Å². The molecule has 0 unspecified atom stereocenters. The van der Waals surface area contributed by atoms with E-state index in [1.54, 1.807) is 48.7 Å². The number of aromatic hydroxyl groups is 1. The molecule has 0 aliphatic carbocycles. The smallest absolute Gasteiger partial charge is 0.270 e. The highest BCUT2D eigenvalue weighted by Crippen LogP contribution is 2.43. The van der Waals surface area contributed by atoms with Gasteiger partial charge < -0.3 is 19.7 Å². The van der Waals surface area contributed by atoms with E-state index in [9.17, 15) is 15.2 Å². The number of nitro benzene ring substituents is 1. The first kappa shape index (κ1) is 20.7. The number of furan rings is 1. The highest BCUT2D eigenvalue weighted by atomic mass is 32.1. The summed E-state index contributed by atoms with van der Waals surface area (Å²) in [5.41, 5.74) is 2.17. The van der Waals surface area contributed by atoms with Crippen molar-refractivity contribution in [3.63, 3.8) is 0 Å². The summed E-state index contributed by atoms with van der Waals surface area (Å²) < 4.78 is 6.22. The molecule has 4 aromatic rings. The second-order valence-electron chi connectivity index (χ2n) is 7.52. The molecule has 0 spiro atoms. The van der Waals surface area contributed by atoms with Crippen molar-refractivity contribution >= 4 is 28.7 Å². The van der Waals surface area contributed by atoms with Gasteiger partial charge in [-0.15, -0.1) is 0 Å². The maximum Gasteiger partial charge on any atom is 0.270 e. The van der Waals surface area contributed by atoms with E-state index in [-0.39, 0.29) is 23.5 Å². The summed E-state index contributed by atoms with van der Waals surface area (Å²) in [6, 6.07) is 21.7.